The molecule has 29 heavy (non-hydrogen) atoms. The van der Waals surface area contributed by atoms with Crippen LogP contribution >= 0.6 is 11.3 Å². The first kappa shape index (κ1) is 16.5. The van der Waals surface area contributed by atoms with Crippen molar-refractivity contribution in [1.29, 1.82) is 0 Å². The van der Waals surface area contributed by atoms with E-state index in [9.17, 15) is 4.39 Å². The molecule has 0 radical (unpaired) electrons. The summed E-state index contributed by atoms with van der Waals surface area (Å²) in [5.74, 6) is 1.08. The predicted molar refractivity (Wildman–Crippen MR) is 109 cm³/mol. The molecule has 6 rings (SSSR count). The Labute approximate surface area is 170 Å². The zero-order valence-electron chi connectivity index (χ0n) is 15.1. The van der Waals surface area contributed by atoms with Crippen molar-refractivity contribution in [2.45, 2.75) is 12.1 Å². The Morgan fingerprint density at radius 3 is 2.76 bits per heavy atom. The number of hydrogen-bond acceptors (Lipinski definition) is 5. The molecule has 5 nitrogen and oxygen atoms in total. The Bertz CT molecular complexity index is 1250. The van der Waals surface area contributed by atoms with E-state index in [0.717, 1.165) is 21.7 Å². The predicted octanol–water partition coefficient (Wildman–Crippen LogP) is 5.04. The molecular formula is C22H15FN4OS. The van der Waals surface area contributed by atoms with E-state index in [1.165, 1.54) is 12.4 Å². The fourth-order valence-electron chi connectivity index (χ4n) is 4.08. The minimum atomic E-state index is -0.585. The van der Waals surface area contributed by atoms with E-state index < -0.39 is 6.10 Å². The third-order valence-corrected chi connectivity index (χ3v) is 6.25. The molecule has 0 fully saturated rings. The van der Waals surface area contributed by atoms with Gasteiger partial charge in [0.25, 0.3) is 0 Å². The summed E-state index contributed by atoms with van der Waals surface area (Å²) >= 11 is 1.64. The minimum Gasteiger partial charge on any atom is -0.480 e. The number of thiophene rings is 1. The number of hydrogen-bond donors (Lipinski definition) is 1. The Hall–Kier alpha value is -3.45. The number of fused-ring (bicyclic) bond motifs is 3. The smallest absolute Gasteiger partial charge is 0.226 e. The van der Waals surface area contributed by atoms with Gasteiger partial charge in [-0.1, -0.05) is 36.4 Å². The molecule has 1 N–H and O–H groups in total. The average molecular weight is 402 g/mol. The molecule has 7 heteroatoms. The highest BCUT2D eigenvalue weighted by Gasteiger charge is 2.41. The average Bonchev–Trinajstić information content (AvgIpc) is 3.44. The van der Waals surface area contributed by atoms with Crippen molar-refractivity contribution in [1.82, 2.24) is 14.8 Å². The highest BCUT2D eigenvalue weighted by atomic mass is 32.1. The SMILES string of the molecule is Fc1ccccc1[C@@H]1Oc2ccccc2C2=C1[C@@H](c1cccs1)n1ncnc1N2. The van der Waals surface area contributed by atoms with Crippen LogP contribution in [0.1, 0.15) is 28.1 Å². The third-order valence-electron chi connectivity index (χ3n) is 5.32. The summed E-state index contributed by atoms with van der Waals surface area (Å²) in [6.07, 6.45) is 0.949. The van der Waals surface area contributed by atoms with Gasteiger partial charge >= 0.3 is 0 Å². The second-order valence-corrected chi connectivity index (χ2v) is 7.90. The van der Waals surface area contributed by atoms with Crippen LogP contribution in [-0.4, -0.2) is 14.8 Å². The Balaban J connectivity index is 1.66. The van der Waals surface area contributed by atoms with Gasteiger partial charge in [0.1, 0.15) is 23.9 Å². The molecule has 0 saturated carbocycles. The highest BCUT2D eigenvalue weighted by molar-refractivity contribution is 7.10. The quantitative estimate of drug-likeness (QED) is 0.510. The molecule has 0 saturated heterocycles. The lowest BCUT2D eigenvalue weighted by atomic mass is 9.87. The maximum absolute atomic E-state index is 14.9. The lowest BCUT2D eigenvalue weighted by Gasteiger charge is -2.38. The monoisotopic (exact) mass is 402 g/mol. The number of aromatic nitrogens is 3. The molecule has 0 spiro atoms. The number of para-hydroxylation sites is 1. The summed E-state index contributed by atoms with van der Waals surface area (Å²) in [4.78, 5) is 5.49. The van der Waals surface area contributed by atoms with Crippen LogP contribution in [0.2, 0.25) is 0 Å². The molecule has 0 bridgehead atoms. The molecule has 2 aromatic carbocycles. The second-order valence-electron chi connectivity index (χ2n) is 6.92. The van der Waals surface area contributed by atoms with E-state index in [1.807, 2.05) is 46.5 Å². The van der Waals surface area contributed by atoms with Crippen molar-refractivity contribution < 1.29 is 9.13 Å². The normalized spacial score (nSPS) is 19.6. The summed E-state index contributed by atoms with van der Waals surface area (Å²) in [6.45, 7) is 0. The molecule has 2 aromatic heterocycles. The Morgan fingerprint density at radius 2 is 1.90 bits per heavy atom. The van der Waals surface area contributed by atoms with Gasteiger partial charge in [-0.2, -0.15) is 10.1 Å². The van der Waals surface area contributed by atoms with E-state index in [-0.39, 0.29) is 11.9 Å². The first-order valence-corrected chi connectivity index (χ1v) is 10.1. The van der Waals surface area contributed by atoms with Crippen molar-refractivity contribution in [2.24, 2.45) is 0 Å². The van der Waals surface area contributed by atoms with Gasteiger partial charge in [-0.15, -0.1) is 11.3 Å². The van der Waals surface area contributed by atoms with Gasteiger partial charge in [0.2, 0.25) is 5.95 Å². The number of benzene rings is 2. The van der Waals surface area contributed by atoms with Gasteiger partial charge in [-0.3, -0.25) is 0 Å². The molecule has 2 aliphatic heterocycles. The van der Waals surface area contributed by atoms with Crippen LogP contribution in [0.15, 0.2) is 77.9 Å². The molecule has 0 unspecified atom stereocenters. The van der Waals surface area contributed by atoms with E-state index in [0.29, 0.717) is 17.3 Å². The van der Waals surface area contributed by atoms with Crippen LogP contribution in [0.3, 0.4) is 0 Å². The van der Waals surface area contributed by atoms with E-state index in [4.69, 9.17) is 4.74 Å². The summed E-state index contributed by atoms with van der Waals surface area (Å²) in [7, 11) is 0. The lowest BCUT2D eigenvalue weighted by molar-refractivity contribution is 0.218. The highest BCUT2D eigenvalue weighted by Crippen LogP contribution is 2.51. The van der Waals surface area contributed by atoms with Crippen LogP contribution in [-0.2, 0) is 0 Å². The van der Waals surface area contributed by atoms with Gasteiger partial charge in [-0.05, 0) is 29.6 Å². The summed E-state index contributed by atoms with van der Waals surface area (Å²) in [5, 5.41) is 9.91. The van der Waals surface area contributed by atoms with Gasteiger partial charge in [-0.25, -0.2) is 9.07 Å². The van der Waals surface area contributed by atoms with Crippen LogP contribution in [0.5, 0.6) is 5.75 Å². The fraction of sp³-hybridized carbons (Fsp3) is 0.0909. The van der Waals surface area contributed by atoms with Crippen LogP contribution in [0.4, 0.5) is 10.3 Å². The topological polar surface area (TPSA) is 52.0 Å². The standard InChI is InChI=1S/C22H15FN4OS/c23-15-8-3-1-6-13(15)21-18-19(14-7-2-4-9-16(14)28-21)26-22-24-12-25-27(22)20(18)17-10-5-11-29-17/h1-12,20-21H,(H,24,25,26)/t20-,21+/m1/s1. The maximum atomic E-state index is 14.9. The van der Waals surface area contributed by atoms with Crippen molar-refractivity contribution in [3.63, 3.8) is 0 Å². The van der Waals surface area contributed by atoms with Crippen LogP contribution < -0.4 is 10.1 Å². The molecule has 2 aliphatic rings. The molecular weight excluding hydrogens is 387 g/mol. The summed E-state index contributed by atoms with van der Waals surface area (Å²) < 4.78 is 23.1. The number of halogens is 1. The molecule has 0 amide bonds. The fourth-order valence-corrected chi connectivity index (χ4v) is 4.91. The van der Waals surface area contributed by atoms with Crippen molar-refractivity contribution >= 4 is 23.0 Å². The van der Waals surface area contributed by atoms with Crippen molar-refractivity contribution in [2.75, 3.05) is 5.32 Å². The number of ether oxygens (including phenoxy) is 1. The van der Waals surface area contributed by atoms with Gasteiger partial charge in [0, 0.05) is 21.6 Å². The molecule has 4 aromatic rings. The van der Waals surface area contributed by atoms with E-state index >= 15 is 0 Å². The molecule has 4 heterocycles. The van der Waals surface area contributed by atoms with Gasteiger partial charge in [0.05, 0.1) is 5.70 Å². The van der Waals surface area contributed by atoms with Crippen LogP contribution in [0.25, 0.3) is 5.70 Å². The van der Waals surface area contributed by atoms with Crippen LogP contribution in [0, 0.1) is 5.82 Å². The van der Waals surface area contributed by atoms with Crippen molar-refractivity contribution in [3.8, 4) is 5.75 Å². The number of anilines is 1. The number of nitrogens with zero attached hydrogens (tertiary/aromatic N) is 3. The Morgan fingerprint density at radius 1 is 1.03 bits per heavy atom. The molecule has 2 atom stereocenters. The lowest BCUT2D eigenvalue weighted by Crippen LogP contribution is -2.32. The Kier molecular flexibility index (Phi) is 3.57. The number of nitrogens with one attached hydrogen (secondary N) is 1. The third kappa shape index (κ3) is 2.44. The second kappa shape index (κ2) is 6.28. The zero-order chi connectivity index (χ0) is 19.4. The van der Waals surface area contributed by atoms with Crippen molar-refractivity contribution in [3.05, 3.63) is 99.8 Å². The minimum absolute atomic E-state index is 0.235. The summed E-state index contributed by atoms with van der Waals surface area (Å²) in [5.41, 5.74) is 3.26. The van der Waals surface area contributed by atoms with Gasteiger partial charge in [0.15, 0.2) is 6.10 Å². The van der Waals surface area contributed by atoms with Gasteiger partial charge < -0.3 is 10.1 Å². The largest absolute Gasteiger partial charge is 0.480 e. The number of rotatable bonds is 2. The van der Waals surface area contributed by atoms with E-state index in [1.54, 1.807) is 23.5 Å². The zero-order valence-corrected chi connectivity index (χ0v) is 15.9. The molecule has 142 valence electrons. The molecule has 0 aliphatic carbocycles. The first-order chi connectivity index (χ1) is 14.3. The maximum Gasteiger partial charge on any atom is 0.226 e. The first-order valence-electron chi connectivity index (χ1n) is 9.26. The van der Waals surface area contributed by atoms with E-state index in [2.05, 4.69) is 21.5 Å². The summed E-state index contributed by atoms with van der Waals surface area (Å²) in [6, 6.07) is 18.4.